The van der Waals surface area contributed by atoms with Crippen LogP contribution in [0.25, 0.3) is 0 Å². The van der Waals surface area contributed by atoms with E-state index in [1.165, 1.54) is 0 Å². The maximum absolute atomic E-state index is 11.2. The fourth-order valence-electron chi connectivity index (χ4n) is 0.499. The van der Waals surface area contributed by atoms with Crippen molar-refractivity contribution in [3.8, 4) is 0 Å². The van der Waals surface area contributed by atoms with Crippen LogP contribution in [0.3, 0.4) is 0 Å². The van der Waals surface area contributed by atoms with Crippen LogP contribution in [-0.4, -0.2) is 25.0 Å². The quantitative estimate of drug-likeness (QED) is 0.245. The summed E-state index contributed by atoms with van der Waals surface area (Å²) in [5.41, 5.74) is 0. The van der Waals surface area contributed by atoms with Crippen molar-refractivity contribution < 1.29 is 43.5 Å². The predicted octanol–water partition coefficient (Wildman–Crippen LogP) is -1.13. The van der Waals surface area contributed by atoms with Crippen LogP contribution < -0.4 is 34.5 Å². The molecular weight excluding hydrogens is 277 g/mol. The van der Waals surface area contributed by atoms with Crippen LogP contribution in [0.4, 0.5) is 0 Å². The largest absolute Gasteiger partial charge is 1.00 e. The molecule has 0 aliphatic carbocycles. The van der Waals surface area contributed by atoms with Gasteiger partial charge in [-0.1, -0.05) is 11.8 Å². The Morgan fingerprint density at radius 2 is 1.43 bits per heavy atom. The maximum atomic E-state index is 11.2. The van der Waals surface area contributed by atoms with Gasteiger partial charge in [-0.25, -0.2) is 0 Å². The Bertz CT molecular complexity index is 161. The average Bonchev–Trinajstić information content (AvgIpc) is 2.05. The molecule has 0 N–H and O–H groups in total. The van der Waals surface area contributed by atoms with Gasteiger partial charge in [-0.2, -0.15) is 0 Å². The maximum Gasteiger partial charge on any atom is 1.00 e. The summed E-state index contributed by atoms with van der Waals surface area (Å²) in [6.45, 7) is -2.75. The van der Waals surface area contributed by atoms with Gasteiger partial charge in [0.15, 0.2) is 0 Å². The molecule has 0 heterocycles. The average molecular weight is 289 g/mol. The molecule has 14 heavy (non-hydrogen) atoms. The molecule has 0 unspecified atom stereocenters. The van der Waals surface area contributed by atoms with Gasteiger partial charge >= 0.3 is 29.6 Å². The number of alkyl halides is 2. The Morgan fingerprint density at radius 3 is 1.71 bits per heavy atom. The van der Waals surface area contributed by atoms with Crippen molar-refractivity contribution in [3.05, 3.63) is 0 Å². The van der Waals surface area contributed by atoms with Gasteiger partial charge in [-0.3, -0.25) is 0 Å². The SMILES string of the molecule is [Na+].[O-]P(=S)(OCCCCl)OCCCCl. The molecule has 0 aromatic carbocycles. The van der Waals surface area contributed by atoms with Crippen molar-refractivity contribution in [2.24, 2.45) is 0 Å². The summed E-state index contributed by atoms with van der Waals surface area (Å²) in [5, 5.41) is 0. The zero-order valence-electron chi connectivity index (χ0n) is 8.08. The van der Waals surface area contributed by atoms with Crippen LogP contribution in [0.15, 0.2) is 0 Å². The van der Waals surface area contributed by atoms with Crippen molar-refractivity contribution in [3.63, 3.8) is 0 Å². The van der Waals surface area contributed by atoms with E-state index in [9.17, 15) is 4.89 Å². The van der Waals surface area contributed by atoms with E-state index in [2.05, 4.69) is 11.8 Å². The first-order chi connectivity index (χ1) is 6.12. The molecule has 0 fully saturated rings. The van der Waals surface area contributed by atoms with E-state index >= 15 is 0 Å². The van der Waals surface area contributed by atoms with E-state index in [-0.39, 0.29) is 42.8 Å². The smallest absolute Gasteiger partial charge is 0.780 e. The minimum absolute atomic E-state index is 0. The summed E-state index contributed by atoms with van der Waals surface area (Å²) < 4.78 is 9.67. The van der Waals surface area contributed by atoms with Gasteiger partial charge in [0.05, 0.1) is 13.2 Å². The summed E-state index contributed by atoms with van der Waals surface area (Å²) >= 11 is 15.4. The molecule has 80 valence electrons. The monoisotopic (exact) mass is 288 g/mol. The minimum atomic E-state index is -3.29. The van der Waals surface area contributed by atoms with Crippen LogP contribution in [0.2, 0.25) is 0 Å². The molecule has 3 nitrogen and oxygen atoms in total. The molecule has 0 spiro atoms. The van der Waals surface area contributed by atoms with Crippen molar-refractivity contribution in [2.75, 3.05) is 25.0 Å². The van der Waals surface area contributed by atoms with Crippen LogP contribution in [0, 0.1) is 0 Å². The van der Waals surface area contributed by atoms with E-state index in [0.717, 1.165) is 0 Å². The third-order valence-corrected chi connectivity index (χ3v) is 3.22. The molecule has 0 radical (unpaired) electrons. The van der Waals surface area contributed by atoms with Crippen molar-refractivity contribution in [1.29, 1.82) is 0 Å². The second-order valence-electron chi connectivity index (χ2n) is 2.20. The summed E-state index contributed by atoms with van der Waals surface area (Å²) in [4.78, 5) is 11.2. The molecule has 0 aromatic rings. The number of halogens is 2. The Hall–Kier alpha value is 2.11. The predicted molar refractivity (Wildman–Crippen MR) is 56.9 cm³/mol. The molecule has 0 amide bonds. The summed E-state index contributed by atoms with van der Waals surface area (Å²) in [6.07, 6.45) is 1.22. The van der Waals surface area contributed by atoms with Gasteiger partial charge in [0.2, 0.25) is 0 Å². The van der Waals surface area contributed by atoms with Crippen LogP contribution in [0.1, 0.15) is 12.8 Å². The van der Waals surface area contributed by atoms with Crippen molar-refractivity contribution >= 4 is 41.7 Å². The summed E-state index contributed by atoms with van der Waals surface area (Å²) in [7, 11) is 0. The Balaban J connectivity index is 0. The molecule has 0 aliphatic rings. The molecule has 0 rings (SSSR count). The second kappa shape index (κ2) is 11.6. The second-order valence-corrected chi connectivity index (χ2v) is 5.71. The zero-order chi connectivity index (χ0) is 10.2. The number of hydrogen-bond donors (Lipinski definition) is 0. The van der Waals surface area contributed by atoms with E-state index in [1.54, 1.807) is 0 Å². The minimum Gasteiger partial charge on any atom is -0.780 e. The van der Waals surface area contributed by atoms with E-state index < -0.39 is 6.72 Å². The molecular formula is C6H12Cl2NaO3PS. The van der Waals surface area contributed by atoms with Gasteiger partial charge in [-0.05, 0) is 12.8 Å². The van der Waals surface area contributed by atoms with Gasteiger partial charge in [0.1, 0.15) is 6.72 Å². The van der Waals surface area contributed by atoms with Gasteiger partial charge in [0.25, 0.3) is 0 Å². The topological polar surface area (TPSA) is 41.5 Å². The van der Waals surface area contributed by atoms with Crippen LogP contribution >= 0.6 is 29.9 Å². The van der Waals surface area contributed by atoms with Gasteiger partial charge in [0, 0.05) is 11.8 Å². The first-order valence-corrected chi connectivity index (χ1v) is 7.47. The first-order valence-electron chi connectivity index (χ1n) is 3.84. The Labute approximate surface area is 122 Å². The van der Waals surface area contributed by atoms with Crippen LogP contribution in [0.5, 0.6) is 0 Å². The summed E-state index contributed by atoms with van der Waals surface area (Å²) in [5.74, 6) is 0.911. The molecule has 0 aromatic heterocycles. The molecule has 0 saturated heterocycles. The first kappa shape index (κ1) is 18.5. The fourth-order valence-corrected chi connectivity index (χ4v) is 1.94. The molecule has 8 heteroatoms. The zero-order valence-corrected chi connectivity index (χ0v) is 13.3. The molecule has 0 aliphatic heterocycles. The molecule has 0 atom stereocenters. The van der Waals surface area contributed by atoms with Gasteiger partial charge in [-0.15, -0.1) is 23.2 Å². The number of rotatable bonds is 8. The summed E-state index contributed by atoms with van der Waals surface area (Å²) in [6, 6.07) is 0. The van der Waals surface area contributed by atoms with E-state index in [0.29, 0.717) is 24.6 Å². The molecule has 0 bridgehead atoms. The molecule has 0 saturated carbocycles. The van der Waals surface area contributed by atoms with E-state index in [4.69, 9.17) is 32.2 Å². The van der Waals surface area contributed by atoms with Crippen LogP contribution in [-0.2, 0) is 20.9 Å². The van der Waals surface area contributed by atoms with Gasteiger partial charge < -0.3 is 13.9 Å². The third kappa shape index (κ3) is 12.2. The Morgan fingerprint density at radius 1 is 1.07 bits per heavy atom. The third-order valence-electron chi connectivity index (χ3n) is 1.05. The normalized spacial score (nSPS) is 11.1. The van der Waals surface area contributed by atoms with Crippen molar-refractivity contribution in [1.82, 2.24) is 0 Å². The fraction of sp³-hybridized carbons (Fsp3) is 1.00. The van der Waals surface area contributed by atoms with Crippen molar-refractivity contribution in [2.45, 2.75) is 12.8 Å². The Kier molecular flexibility index (Phi) is 15.3. The van der Waals surface area contributed by atoms with E-state index in [1.807, 2.05) is 0 Å². The standard InChI is InChI=1S/C6H13Cl2O3PS.Na/c7-3-1-5-10-12(9,13)11-6-2-4-8;/h1-6H2,(H,9,13);/q;+1/p-1. The number of hydrogen-bond acceptors (Lipinski definition) is 4.